The second-order valence-corrected chi connectivity index (χ2v) is 8.58. The van der Waals surface area contributed by atoms with Gasteiger partial charge in [-0.05, 0) is 34.9 Å². The minimum Gasteiger partial charge on any atom is -0.345 e. The quantitative estimate of drug-likeness (QED) is 0.475. The topological polar surface area (TPSA) is 49.3 Å². The van der Waals surface area contributed by atoms with E-state index in [1.54, 1.807) is 0 Å². The third-order valence-corrected chi connectivity index (χ3v) is 6.53. The van der Waals surface area contributed by atoms with Crippen molar-refractivity contribution < 1.29 is 4.79 Å². The van der Waals surface area contributed by atoms with Crippen molar-refractivity contribution in [2.24, 2.45) is 0 Å². The van der Waals surface area contributed by atoms with Crippen LogP contribution in [-0.4, -0.2) is 46.3 Å². The second-order valence-electron chi connectivity index (χ2n) is 7.85. The molecule has 0 aliphatic carbocycles. The SMILES string of the molecule is O=C(c1ccc2ccccc2c1)N1CCCN(c2nc(Cc3ccccc3)ns2)CC1. The third kappa shape index (κ3) is 4.44. The standard InChI is InChI=1S/C25H24N4OS/c30-24(22-12-11-20-9-4-5-10-21(20)18-22)28-13-6-14-29(16-15-28)25-26-23(27-31-25)17-19-7-2-1-3-8-19/h1-5,7-12,18H,6,13-17H2. The molecular weight excluding hydrogens is 404 g/mol. The maximum absolute atomic E-state index is 13.1. The van der Waals surface area contributed by atoms with E-state index < -0.39 is 0 Å². The number of aromatic nitrogens is 2. The minimum absolute atomic E-state index is 0.106. The van der Waals surface area contributed by atoms with Crippen LogP contribution in [0, 0.1) is 0 Å². The highest BCUT2D eigenvalue weighted by atomic mass is 32.1. The summed E-state index contributed by atoms with van der Waals surface area (Å²) in [6.45, 7) is 3.12. The lowest BCUT2D eigenvalue weighted by molar-refractivity contribution is 0.0767. The molecule has 1 amide bonds. The Hall–Kier alpha value is -3.25. The van der Waals surface area contributed by atoms with Gasteiger partial charge in [0.15, 0.2) is 0 Å². The fourth-order valence-corrected chi connectivity index (χ4v) is 4.78. The molecule has 0 spiro atoms. The first kappa shape index (κ1) is 19.7. The van der Waals surface area contributed by atoms with Crippen molar-refractivity contribution in [1.82, 2.24) is 14.3 Å². The highest BCUT2D eigenvalue weighted by Gasteiger charge is 2.22. The Kier molecular flexibility index (Phi) is 5.63. The number of anilines is 1. The molecule has 0 unspecified atom stereocenters. The molecule has 156 valence electrons. The van der Waals surface area contributed by atoms with E-state index in [9.17, 15) is 4.79 Å². The molecule has 2 heterocycles. The summed E-state index contributed by atoms with van der Waals surface area (Å²) in [6, 6.07) is 24.4. The number of hydrogen-bond donors (Lipinski definition) is 0. The van der Waals surface area contributed by atoms with Gasteiger partial charge in [-0.1, -0.05) is 60.7 Å². The maximum atomic E-state index is 13.1. The van der Waals surface area contributed by atoms with Crippen molar-refractivity contribution in [2.45, 2.75) is 12.8 Å². The van der Waals surface area contributed by atoms with Crippen LogP contribution < -0.4 is 4.90 Å². The monoisotopic (exact) mass is 428 g/mol. The first-order valence-electron chi connectivity index (χ1n) is 10.7. The van der Waals surface area contributed by atoms with Crippen LogP contribution >= 0.6 is 11.5 Å². The molecule has 0 bridgehead atoms. The first-order chi connectivity index (χ1) is 15.3. The summed E-state index contributed by atoms with van der Waals surface area (Å²) in [5.41, 5.74) is 1.98. The normalized spacial score (nSPS) is 14.6. The van der Waals surface area contributed by atoms with Gasteiger partial charge < -0.3 is 9.80 Å². The van der Waals surface area contributed by atoms with Gasteiger partial charge in [0.25, 0.3) is 5.91 Å². The van der Waals surface area contributed by atoms with Gasteiger partial charge in [-0.15, -0.1) is 0 Å². The van der Waals surface area contributed by atoms with Gasteiger partial charge in [0, 0.05) is 49.7 Å². The number of benzene rings is 3. The molecule has 0 radical (unpaired) electrons. The molecule has 1 aliphatic heterocycles. The van der Waals surface area contributed by atoms with Crippen molar-refractivity contribution in [3.8, 4) is 0 Å². The van der Waals surface area contributed by atoms with Crippen LogP contribution in [0.2, 0.25) is 0 Å². The van der Waals surface area contributed by atoms with Gasteiger partial charge in [0.1, 0.15) is 5.82 Å². The fraction of sp³-hybridized carbons (Fsp3) is 0.240. The third-order valence-electron chi connectivity index (χ3n) is 5.71. The van der Waals surface area contributed by atoms with Gasteiger partial charge in [-0.25, -0.2) is 4.98 Å². The van der Waals surface area contributed by atoms with Crippen molar-refractivity contribution in [3.63, 3.8) is 0 Å². The van der Waals surface area contributed by atoms with Gasteiger partial charge in [0.05, 0.1) is 0 Å². The van der Waals surface area contributed by atoms with Crippen LogP contribution in [0.15, 0.2) is 72.8 Å². The van der Waals surface area contributed by atoms with E-state index in [1.807, 2.05) is 53.4 Å². The van der Waals surface area contributed by atoms with E-state index in [4.69, 9.17) is 4.98 Å². The Morgan fingerprint density at radius 1 is 0.871 bits per heavy atom. The van der Waals surface area contributed by atoms with E-state index >= 15 is 0 Å². The average Bonchev–Trinajstić information content (AvgIpc) is 3.13. The molecule has 1 aromatic heterocycles. The molecule has 5 rings (SSSR count). The molecule has 0 N–H and O–H groups in total. The molecule has 1 aliphatic rings. The van der Waals surface area contributed by atoms with Gasteiger partial charge in [-0.3, -0.25) is 4.79 Å². The molecule has 6 heteroatoms. The smallest absolute Gasteiger partial charge is 0.253 e. The van der Waals surface area contributed by atoms with Gasteiger partial charge in [-0.2, -0.15) is 4.37 Å². The highest BCUT2D eigenvalue weighted by Crippen LogP contribution is 2.22. The Morgan fingerprint density at radius 3 is 2.55 bits per heavy atom. The minimum atomic E-state index is 0.106. The Morgan fingerprint density at radius 2 is 1.68 bits per heavy atom. The predicted molar refractivity (Wildman–Crippen MR) is 126 cm³/mol. The zero-order chi connectivity index (χ0) is 21.0. The van der Waals surface area contributed by atoms with Crippen LogP contribution in [-0.2, 0) is 6.42 Å². The van der Waals surface area contributed by atoms with Crippen LogP contribution in [0.25, 0.3) is 10.8 Å². The lowest BCUT2D eigenvalue weighted by Crippen LogP contribution is -2.35. The largest absolute Gasteiger partial charge is 0.345 e. The van der Waals surface area contributed by atoms with Gasteiger partial charge >= 0.3 is 0 Å². The molecule has 0 atom stereocenters. The molecule has 0 saturated carbocycles. The van der Waals surface area contributed by atoms with E-state index in [1.165, 1.54) is 17.1 Å². The number of carbonyl (C=O) groups is 1. The molecule has 4 aromatic rings. The molecular formula is C25H24N4OS. The average molecular weight is 429 g/mol. The van der Waals surface area contributed by atoms with Crippen LogP contribution in [0.4, 0.5) is 5.13 Å². The van der Waals surface area contributed by atoms with Crippen molar-refractivity contribution in [2.75, 3.05) is 31.1 Å². The second kappa shape index (κ2) is 8.86. The van der Waals surface area contributed by atoms with E-state index in [0.29, 0.717) is 6.54 Å². The number of nitrogens with zero attached hydrogens (tertiary/aromatic N) is 4. The van der Waals surface area contributed by atoms with E-state index in [0.717, 1.165) is 59.8 Å². The maximum Gasteiger partial charge on any atom is 0.253 e. The summed E-state index contributed by atoms with van der Waals surface area (Å²) >= 11 is 1.45. The Labute approximate surface area is 186 Å². The number of fused-ring (bicyclic) bond motifs is 1. The molecule has 1 fully saturated rings. The summed E-state index contributed by atoms with van der Waals surface area (Å²) in [4.78, 5) is 22.1. The highest BCUT2D eigenvalue weighted by molar-refractivity contribution is 7.09. The predicted octanol–water partition coefficient (Wildman–Crippen LogP) is 4.63. The van der Waals surface area contributed by atoms with Crippen molar-refractivity contribution in [1.29, 1.82) is 0 Å². The van der Waals surface area contributed by atoms with Crippen molar-refractivity contribution >= 4 is 33.3 Å². The van der Waals surface area contributed by atoms with Crippen molar-refractivity contribution in [3.05, 3.63) is 89.7 Å². The Balaban J connectivity index is 1.25. The number of rotatable bonds is 4. The zero-order valence-electron chi connectivity index (χ0n) is 17.3. The molecule has 1 saturated heterocycles. The molecule has 3 aromatic carbocycles. The van der Waals surface area contributed by atoms with Crippen LogP contribution in [0.5, 0.6) is 0 Å². The number of hydrogen-bond acceptors (Lipinski definition) is 5. The molecule has 5 nitrogen and oxygen atoms in total. The Bertz CT molecular complexity index is 1190. The summed E-state index contributed by atoms with van der Waals surface area (Å²) in [7, 11) is 0. The summed E-state index contributed by atoms with van der Waals surface area (Å²) in [5, 5.41) is 3.21. The first-order valence-corrected chi connectivity index (χ1v) is 11.4. The number of amides is 1. The number of carbonyl (C=O) groups excluding carboxylic acids is 1. The lowest BCUT2D eigenvalue weighted by Gasteiger charge is -2.21. The zero-order valence-corrected chi connectivity index (χ0v) is 18.1. The summed E-state index contributed by atoms with van der Waals surface area (Å²) < 4.78 is 4.56. The molecule has 31 heavy (non-hydrogen) atoms. The van der Waals surface area contributed by atoms with Crippen LogP contribution in [0.3, 0.4) is 0 Å². The van der Waals surface area contributed by atoms with E-state index in [-0.39, 0.29) is 5.91 Å². The van der Waals surface area contributed by atoms with Crippen LogP contribution in [0.1, 0.15) is 28.2 Å². The lowest BCUT2D eigenvalue weighted by atomic mass is 10.1. The van der Waals surface area contributed by atoms with Gasteiger partial charge in [0.2, 0.25) is 5.13 Å². The van der Waals surface area contributed by atoms with E-state index in [2.05, 4.69) is 33.5 Å². The summed E-state index contributed by atoms with van der Waals surface area (Å²) in [6.07, 6.45) is 1.67. The fourth-order valence-electron chi connectivity index (χ4n) is 4.04. The summed E-state index contributed by atoms with van der Waals surface area (Å²) in [5.74, 6) is 0.967.